The van der Waals surface area contributed by atoms with E-state index < -0.39 is 16.8 Å². The first-order valence-electron chi connectivity index (χ1n) is 10.6. The van der Waals surface area contributed by atoms with Crippen molar-refractivity contribution in [2.45, 2.75) is 40.5 Å². The number of nitrogens with two attached hydrogens (primary N) is 1. The van der Waals surface area contributed by atoms with E-state index in [1.54, 1.807) is 20.8 Å². The van der Waals surface area contributed by atoms with Crippen LogP contribution in [-0.2, 0) is 14.3 Å². The molecule has 0 saturated carbocycles. The third-order valence-corrected chi connectivity index (χ3v) is 4.95. The number of esters is 1. The SMILES string of the molecule is CCC(C)(CC(C)(C)C(=O)OCCNCCNCCNCCNCCN)C(=O)O. The fourth-order valence-electron chi connectivity index (χ4n) is 2.94. The van der Waals surface area contributed by atoms with Crippen LogP contribution in [0.2, 0.25) is 0 Å². The van der Waals surface area contributed by atoms with Crippen LogP contribution in [0.3, 0.4) is 0 Å². The van der Waals surface area contributed by atoms with Gasteiger partial charge in [0.15, 0.2) is 0 Å². The summed E-state index contributed by atoms with van der Waals surface area (Å²) in [6, 6.07) is 0. The number of aliphatic carboxylic acids is 1. The zero-order valence-electron chi connectivity index (χ0n) is 18.7. The Kier molecular flexibility index (Phi) is 14.9. The summed E-state index contributed by atoms with van der Waals surface area (Å²) in [6.07, 6.45) is 0.716. The topological polar surface area (TPSA) is 138 Å². The van der Waals surface area contributed by atoms with Crippen molar-refractivity contribution in [2.24, 2.45) is 16.6 Å². The Morgan fingerprint density at radius 1 is 0.862 bits per heavy atom. The Labute approximate surface area is 175 Å². The van der Waals surface area contributed by atoms with Gasteiger partial charge in [0.2, 0.25) is 0 Å². The lowest BCUT2D eigenvalue weighted by atomic mass is 9.72. The Hall–Kier alpha value is -1.26. The minimum Gasteiger partial charge on any atom is -0.481 e. The van der Waals surface area contributed by atoms with Gasteiger partial charge in [-0.2, -0.15) is 0 Å². The van der Waals surface area contributed by atoms with Gasteiger partial charge < -0.3 is 36.8 Å². The maximum atomic E-state index is 12.3. The van der Waals surface area contributed by atoms with Crippen molar-refractivity contribution in [1.29, 1.82) is 0 Å². The molecule has 0 aliphatic rings. The van der Waals surface area contributed by atoms with Gasteiger partial charge >= 0.3 is 11.9 Å². The second kappa shape index (κ2) is 15.6. The molecule has 1 unspecified atom stereocenters. The van der Waals surface area contributed by atoms with Crippen molar-refractivity contribution in [2.75, 3.05) is 65.5 Å². The van der Waals surface area contributed by atoms with E-state index in [4.69, 9.17) is 10.5 Å². The molecule has 0 saturated heterocycles. The number of carboxylic acid groups (broad SMARTS) is 1. The molecule has 0 aromatic rings. The molecule has 29 heavy (non-hydrogen) atoms. The highest BCUT2D eigenvalue weighted by molar-refractivity contribution is 5.79. The summed E-state index contributed by atoms with van der Waals surface area (Å²) in [5.41, 5.74) is 3.63. The Morgan fingerprint density at radius 2 is 1.31 bits per heavy atom. The number of hydrogen-bond acceptors (Lipinski definition) is 8. The van der Waals surface area contributed by atoms with Crippen LogP contribution in [0.4, 0.5) is 0 Å². The highest BCUT2D eigenvalue weighted by Gasteiger charge is 2.41. The minimum atomic E-state index is -0.928. The first kappa shape index (κ1) is 27.7. The van der Waals surface area contributed by atoms with Crippen LogP contribution in [0.15, 0.2) is 0 Å². The van der Waals surface area contributed by atoms with Gasteiger partial charge in [-0.15, -0.1) is 0 Å². The van der Waals surface area contributed by atoms with E-state index in [0.717, 1.165) is 45.8 Å². The van der Waals surface area contributed by atoms with Crippen LogP contribution in [0, 0.1) is 10.8 Å². The molecule has 0 radical (unpaired) electrons. The third kappa shape index (κ3) is 12.8. The van der Waals surface area contributed by atoms with Crippen molar-refractivity contribution >= 4 is 11.9 Å². The molecule has 9 nitrogen and oxygen atoms in total. The first-order valence-corrected chi connectivity index (χ1v) is 10.6. The number of rotatable bonds is 19. The van der Waals surface area contributed by atoms with Gasteiger partial charge in [0.1, 0.15) is 6.61 Å². The number of carbonyl (C=O) groups excluding carboxylic acids is 1. The molecule has 172 valence electrons. The predicted octanol–water partition coefficient (Wildman–Crippen LogP) is -0.236. The molecular weight excluding hydrogens is 374 g/mol. The quantitative estimate of drug-likeness (QED) is 0.124. The fraction of sp³-hybridized carbons (Fsp3) is 0.900. The van der Waals surface area contributed by atoms with Gasteiger partial charge in [0.05, 0.1) is 10.8 Å². The van der Waals surface area contributed by atoms with Crippen LogP contribution in [0.25, 0.3) is 0 Å². The highest BCUT2D eigenvalue weighted by atomic mass is 16.5. The summed E-state index contributed by atoms with van der Waals surface area (Å²) in [4.78, 5) is 23.8. The van der Waals surface area contributed by atoms with E-state index in [2.05, 4.69) is 21.3 Å². The average Bonchev–Trinajstić information content (AvgIpc) is 2.67. The maximum Gasteiger partial charge on any atom is 0.311 e. The van der Waals surface area contributed by atoms with Gasteiger partial charge in [-0.1, -0.05) is 6.92 Å². The molecule has 0 rings (SSSR count). The van der Waals surface area contributed by atoms with E-state index in [9.17, 15) is 14.7 Å². The lowest BCUT2D eigenvalue weighted by Gasteiger charge is -2.32. The van der Waals surface area contributed by atoms with Crippen molar-refractivity contribution in [1.82, 2.24) is 21.3 Å². The van der Waals surface area contributed by atoms with E-state index in [0.29, 0.717) is 19.5 Å². The number of hydrogen-bond donors (Lipinski definition) is 6. The van der Waals surface area contributed by atoms with Crippen molar-refractivity contribution in [3.8, 4) is 0 Å². The molecule has 0 aliphatic carbocycles. The number of carboxylic acids is 1. The smallest absolute Gasteiger partial charge is 0.311 e. The van der Waals surface area contributed by atoms with Gasteiger partial charge in [0.25, 0.3) is 0 Å². The lowest BCUT2D eigenvalue weighted by molar-refractivity contribution is -0.159. The van der Waals surface area contributed by atoms with E-state index >= 15 is 0 Å². The molecule has 1 atom stereocenters. The number of carbonyl (C=O) groups is 2. The Morgan fingerprint density at radius 3 is 1.72 bits per heavy atom. The van der Waals surface area contributed by atoms with Gasteiger partial charge in [-0.25, -0.2) is 0 Å². The fourth-order valence-corrected chi connectivity index (χ4v) is 2.94. The van der Waals surface area contributed by atoms with Crippen LogP contribution < -0.4 is 27.0 Å². The molecule has 0 aromatic carbocycles. The molecule has 0 amide bonds. The Balaban J connectivity index is 3.72. The molecule has 0 fully saturated rings. The van der Waals surface area contributed by atoms with Crippen LogP contribution >= 0.6 is 0 Å². The summed E-state index contributed by atoms with van der Waals surface area (Å²) in [7, 11) is 0. The normalized spacial score (nSPS) is 13.8. The van der Waals surface area contributed by atoms with Gasteiger partial charge in [0, 0.05) is 58.9 Å². The number of nitrogens with one attached hydrogen (secondary N) is 4. The van der Waals surface area contributed by atoms with Crippen LogP contribution in [-0.4, -0.2) is 82.6 Å². The summed E-state index contributed by atoms with van der Waals surface area (Å²) in [5.74, 6) is -1.24. The summed E-state index contributed by atoms with van der Waals surface area (Å²) in [6.45, 7) is 14.6. The van der Waals surface area contributed by atoms with Crippen molar-refractivity contribution in [3.63, 3.8) is 0 Å². The average molecular weight is 418 g/mol. The lowest BCUT2D eigenvalue weighted by Crippen LogP contribution is -2.38. The summed E-state index contributed by atoms with van der Waals surface area (Å²) in [5, 5.41) is 22.5. The largest absolute Gasteiger partial charge is 0.481 e. The molecule has 0 aromatic heterocycles. The van der Waals surface area contributed by atoms with E-state index in [1.165, 1.54) is 0 Å². The van der Waals surface area contributed by atoms with Crippen LogP contribution in [0.5, 0.6) is 0 Å². The standard InChI is InChI=1S/C20H43N5O4/c1-5-20(4,17(26)27)16-19(2,3)18(28)29-15-14-25-13-12-24-11-10-23-9-8-22-7-6-21/h22-25H,5-16,21H2,1-4H3,(H,26,27). The molecular formula is C20H43N5O4. The Bertz CT molecular complexity index is 462. The molecule has 0 aliphatic heterocycles. The van der Waals surface area contributed by atoms with Crippen molar-refractivity contribution in [3.05, 3.63) is 0 Å². The molecule has 9 heteroatoms. The van der Waals surface area contributed by atoms with Crippen LogP contribution in [0.1, 0.15) is 40.5 Å². The predicted molar refractivity (Wildman–Crippen MR) is 116 cm³/mol. The van der Waals surface area contributed by atoms with E-state index in [1.807, 2.05) is 6.92 Å². The minimum absolute atomic E-state index is 0.249. The first-order chi connectivity index (χ1) is 13.7. The van der Waals surface area contributed by atoms with Gasteiger partial charge in [-0.3, -0.25) is 9.59 Å². The molecule has 0 spiro atoms. The number of ether oxygens (including phenoxy) is 1. The molecule has 0 bridgehead atoms. The van der Waals surface area contributed by atoms with Crippen molar-refractivity contribution < 1.29 is 19.4 Å². The maximum absolute atomic E-state index is 12.3. The second-order valence-corrected chi connectivity index (χ2v) is 8.20. The zero-order chi connectivity index (χ0) is 22.2. The van der Waals surface area contributed by atoms with E-state index in [-0.39, 0.29) is 19.0 Å². The molecule has 7 N–H and O–H groups in total. The van der Waals surface area contributed by atoms with Gasteiger partial charge in [-0.05, 0) is 33.6 Å². The molecule has 0 heterocycles. The zero-order valence-corrected chi connectivity index (χ0v) is 18.7. The third-order valence-electron chi connectivity index (χ3n) is 4.95. The highest BCUT2D eigenvalue weighted by Crippen LogP contribution is 2.37. The second-order valence-electron chi connectivity index (χ2n) is 8.20. The monoisotopic (exact) mass is 417 g/mol. The summed E-state index contributed by atoms with van der Waals surface area (Å²) < 4.78 is 5.34. The summed E-state index contributed by atoms with van der Waals surface area (Å²) >= 11 is 0.